The fourth-order valence-electron chi connectivity index (χ4n) is 8.32. The Balaban J connectivity index is 1.25. The highest BCUT2D eigenvalue weighted by Gasteiger charge is 2.95. The Bertz CT molecular complexity index is 1290. The lowest BCUT2D eigenvalue weighted by molar-refractivity contribution is -0.0674. The summed E-state index contributed by atoms with van der Waals surface area (Å²) in [5.41, 5.74) is 1.53. The molecule has 3 aromatic rings. The van der Waals surface area contributed by atoms with E-state index in [1.165, 1.54) is 4.57 Å². The summed E-state index contributed by atoms with van der Waals surface area (Å²) in [7, 11) is 1.61. The molecular weight excluding hydrogens is 390 g/mol. The number of rotatable bonds is 5. The van der Waals surface area contributed by atoms with E-state index in [0.29, 0.717) is 42.1 Å². The van der Waals surface area contributed by atoms with Gasteiger partial charge in [-0.15, -0.1) is 0 Å². The standard InChI is InChI=1S/C25H23N3O3/c1-26-23(29)27-21-17-15-16-18(21)20(16)25(19(15)17,28(27)24(26)30)12-31-22(13-8-4-2-5-9-13)14-10-6-3-7-11-14/h2-11,15-22H,12H2,1H3/t15-,16+,17-,18+,19-,20-,21?,25?/m0/s1. The third-order valence-corrected chi connectivity index (χ3v) is 9.18. The molecule has 2 unspecified atom stereocenters. The van der Waals surface area contributed by atoms with Crippen molar-refractivity contribution in [1.82, 2.24) is 13.9 Å². The minimum atomic E-state index is -0.362. The van der Waals surface area contributed by atoms with E-state index in [9.17, 15) is 9.59 Å². The number of aromatic nitrogens is 3. The second kappa shape index (κ2) is 5.13. The Morgan fingerprint density at radius 2 is 1.39 bits per heavy atom. The molecule has 0 saturated heterocycles. The van der Waals surface area contributed by atoms with Gasteiger partial charge in [-0.3, -0.25) is 0 Å². The van der Waals surface area contributed by atoms with E-state index in [1.54, 1.807) is 7.05 Å². The Morgan fingerprint density at radius 1 is 0.839 bits per heavy atom. The van der Waals surface area contributed by atoms with Crippen LogP contribution < -0.4 is 11.4 Å². The third-order valence-electron chi connectivity index (χ3n) is 9.18. The van der Waals surface area contributed by atoms with Crippen LogP contribution in [0.4, 0.5) is 0 Å². The van der Waals surface area contributed by atoms with E-state index in [0.717, 1.165) is 11.1 Å². The van der Waals surface area contributed by atoms with Gasteiger partial charge in [-0.25, -0.2) is 23.5 Å². The number of nitrogens with zero attached hydrogens (tertiary/aromatic N) is 3. The van der Waals surface area contributed by atoms with E-state index < -0.39 is 0 Å². The largest absolute Gasteiger partial charge is 0.366 e. The van der Waals surface area contributed by atoms with Crippen LogP contribution in [0.1, 0.15) is 23.3 Å². The fraction of sp³-hybridized carbons (Fsp3) is 0.440. The molecular formula is C25H23N3O3. The summed E-state index contributed by atoms with van der Waals surface area (Å²) in [6.07, 6.45) is -0.194. The molecule has 3 heterocycles. The monoisotopic (exact) mass is 413 g/mol. The predicted molar refractivity (Wildman–Crippen MR) is 113 cm³/mol. The molecule has 6 aliphatic rings. The molecule has 0 N–H and O–H groups in total. The molecule has 2 bridgehead atoms. The molecule has 4 saturated carbocycles. The molecule has 2 aromatic carbocycles. The van der Waals surface area contributed by atoms with Crippen LogP contribution >= 0.6 is 0 Å². The van der Waals surface area contributed by atoms with Crippen LogP contribution in [0.2, 0.25) is 0 Å². The van der Waals surface area contributed by atoms with E-state index in [-0.39, 0.29) is 29.1 Å². The summed E-state index contributed by atoms with van der Waals surface area (Å²) < 4.78 is 11.7. The number of ether oxygens (including phenoxy) is 1. The Labute approximate surface area is 178 Å². The van der Waals surface area contributed by atoms with Crippen molar-refractivity contribution in [3.8, 4) is 0 Å². The van der Waals surface area contributed by atoms with Crippen molar-refractivity contribution in [3.05, 3.63) is 92.8 Å². The van der Waals surface area contributed by atoms with Crippen LogP contribution in [0.25, 0.3) is 0 Å². The van der Waals surface area contributed by atoms with Gasteiger partial charge in [-0.1, -0.05) is 60.7 Å². The molecule has 8 atom stereocenters. The first-order valence-corrected chi connectivity index (χ1v) is 11.3. The number of hydrogen-bond donors (Lipinski definition) is 0. The van der Waals surface area contributed by atoms with Crippen molar-refractivity contribution in [2.75, 3.05) is 6.61 Å². The van der Waals surface area contributed by atoms with Gasteiger partial charge >= 0.3 is 11.4 Å². The van der Waals surface area contributed by atoms with Crippen molar-refractivity contribution in [2.24, 2.45) is 42.6 Å². The van der Waals surface area contributed by atoms with Crippen LogP contribution in [-0.2, 0) is 17.3 Å². The molecule has 0 spiro atoms. The smallest absolute Gasteiger partial charge is 0.347 e. The Morgan fingerprint density at radius 3 is 1.94 bits per heavy atom. The van der Waals surface area contributed by atoms with Gasteiger partial charge < -0.3 is 4.74 Å². The second-order valence-corrected chi connectivity index (χ2v) is 10.1. The van der Waals surface area contributed by atoms with Gasteiger partial charge in [0.05, 0.1) is 18.2 Å². The first kappa shape index (κ1) is 16.8. The van der Waals surface area contributed by atoms with Gasteiger partial charge in [-0.05, 0) is 46.6 Å². The van der Waals surface area contributed by atoms with Gasteiger partial charge in [0, 0.05) is 7.05 Å². The highest BCUT2D eigenvalue weighted by Crippen LogP contribution is 2.93. The molecule has 0 amide bonds. The molecule has 4 fully saturated rings. The normalized spacial score (nSPS) is 39.1. The lowest BCUT2D eigenvalue weighted by atomic mass is 9.77. The average Bonchev–Trinajstić information content (AvgIpc) is 3.66. The Kier molecular flexibility index (Phi) is 2.78. The quantitative estimate of drug-likeness (QED) is 0.644. The van der Waals surface area contributed by atoms with Crippen molar-refractivity contribution in [1.29, 1.82) is 0 Å². The van der Waals surface area contributed by atoms with Crippen molar-refractivity contribution >= 4 is 0 Å². The maximum Gasteiger partial charge on any atom is 0.347 e. The topological polar surface area (TPSA) is 58.2 Å². The van der Waals surface area contributed by atoms with Gasteiger partial charge in [0.25, 0.3) is 0 Å². The number of hydrogen-bond acceptors (Lipinski definition) is 3. The van der Waals surface area contributed by atoms with Crippen LogP contribution in [0.15, 0.2) is 70.3 Å². The molecule has 6 nitrogen and oxygen atoms in total. The lowest BCUT2D eigenvalue weighted by Gasteiger charge is -2.47. The molecule has 2 aliphatic heterocycles. The van der Waals surface area contributed by atoms with Gasteiger partial charge in [0.1, 0.15) is 6.10 Å². The SMILES string of the molecule is Cn1c(=O)n2n(c1=O)C1(COC(c3ccccc3)c3ccccc3)[C@@H]3[C@H]4C2[C@@H]2[C@@H]([C@@H]43)[C@@H]21. The van der Waals surface area contributed by atoms with Gasteiger partial charge in [-0.2, -0.15) is 0 Å². The van der Waals surface area contributed by atoms with Crippen molar-refractivity contribution in [3.63, 3.8) is 0 Å². The van der Waals surface area contributed by atoms with Gasteiger partial charge in [0.15, 0.2) is 0 Å². The van der Waals surface area contributed by atoms with Crippen LogP contribution in [0, 0.1) is 35.5 Å². The zero-order valence-electron chi connectivity index (χ0n) is 17.2. The van der Waals surface area contributed by atoms with E-state index in [2.05, 4.69) is 24.3 Å². The summed E-state index contributed by atoms with van der Waals surface area (Å²) in [6, 6.07) is 20.8. The van der Waals surface area contributed by atoms with E-state index in [4.69, 9.17) is 4.74 Å². The van der Waals surface area contributed by atoms with Crippen molar-refractivity contribution < 1.29 is 4.74 Å². The highest BCUT2D eigenvalue weighted by molar-refractivity contribution is 5.42. The molecule has 156 valence electrons. The van der Waals surface area contributed by atoms with E-state index >= 15 is 0 Å². The maximum absolute atomic E-state index is 13.2. The summed E-state index contributed by atoms with van der Waals surface area (Å²) in [6.45, 7) is 0.479. The molecule has 6 heteroatoms. The highest BCUT2D eigenvalue weighted by atomic mass is 16.5. The summed E-state index contributed by atoms with van der Waals surface area (Å²) >= 11 is 0. The number of benzene rings is 2. The van der Waals surface area contributed by atoms with Crippen molar-refractivity contribution in [2.45, 2.75) is 17.7 Å². The molecule has 9 rings (SSSR count). The third kappa shape index (κ3) is 1.68. The maximum atomic E-state index is 13.2. The summed E-state index contributed by atoms with van der Waals surface area (Å²) in [4.78, 5) is 26.1. The fourth-order valence-corrected chi connectivity index (χ4v) is 8.32. The summed E-state index contributed by atoms with van der Waals surface area (Å²) in [5, 5.41) is 0. The lowest BCUT2D eigenvalue weighted by Crippen LogP contribution is -2.59. The Hall–Kier alpha value is -2.86. The average molecular weight is 413 g/mol. The molecule has 4 aliphatic carbocycles. The molecule has 0 radical (unpaired) electrons. The molecule has 1 aromatic heterocycles. The minimum absolute atomic E-state index is 0.155. The van der Waals surface area contributed by atoms with E-state index in [1.807, 2.05) is 45.8 Å². The first-order chi connectivity index (χ1) is 15.2. The minimum Gasteiger partial charge on any atom is -0.366 e. The second-order valence-electron chi connectivity index (χ2n) is 10.1. The molecule has 31 heavy (non-hydrogen) atoms. The summed E-state index contributed by atoms with van der Waals surface area (Å²) in [5.74, 6) is 3.48. The zero-order valence-corrected chi connectivity index (χ0v) is 17.2. The van der Waals surface area contributed by atoms with Gasteiger partial charge in [0.2, 0.25) is 0 Å². The first-order valence-electron chi connectivity index (χ1n) is 11.3. The predicted octanol–water partition coefficient (Wildman–Crippen LogP) is 2.16. The van der Waals surface area contributed by atoms with Crippen LogP contribution in [-0.4, -0.2) is 20.5 Å². The van der Waals surface area contributed by atoms with Crippen LogP contribution in [0.5, 0.6) is 0 Å². The zero-order chi connectivity index (χ0) is 20.6. The van der Waals surface area contributed by atoms with Crippen LogP contribution in [0.3, 0.4) is 0 Å².